The molecule has 128 valence electrons. The molecule has 9 nitrogen and oxygen atoms in total. The van der Waals surface area contributed by atoms with Crippen molar-refractivity contribution in [2.75, 3.05) is 39.1 Å². The average molecular weight is 334 g/mol. The molecule has 1 aromatic heterocycles. The lowest BCUT2D eigenvalue weighted by Gasteiger charge is -2.12. The van der Waals surface area contributed by atoms with Gasteiger partial charge in [0.2, 0.25) is 5.88 Å². The van der Waals surface area contributed by atoms with Crippen LogP contribution in [-0.2, 0) is 0 Å². The molecule has 0 bridgehead atoms. The van der Waals surface area contributed by atoms with Crippen LogP contribution in [0.15, 0.2) is 24.4 Å². The predicted molar refractivity (Wildman–Crippen MR) is 87.3 cm³/mol. The van der Waals surface area contributed by atoms with Gasteiger partial charge in [0, 0.05) is 11.8 Å². The Morgan fingerprint density at radius 1 is 0.958 bits per heavy atom. The molecule has 2 amide bonds. The van der Waals surface area contributed by atoms with Gasteiger partial charge in [-0.25, -0.2) is 9.78 Å². The molecule has 24 heavy (non-hydrogen) atoms. The van der Waals surface area contributed by atoms with Crippen molar-refractivity contribution >= 4 is 17.4 Å². The molecule has 2 aromatic rings. The lowest BCUT2D eigenvalue weighted by molar-refractivity contribution is 0.262. The first-order chi connectivity index (χ1) is 11.6. The molecule has 0 radical (unpaired) electrons. The third-order valence-electron chi connectivity index (χ3n) is 3.00. The zero-order chi connectivity index (χ0) is 17.5. The first-order valence-electron chi connectivity index (χ1n) is 6.86. The van der Waals surface area contributed by atoms with E-state index in [0.717, 1.165) is 0 Å². The van der Waals surface area contributed by atoms with Gasteiger partial charge in [-0.15, -0.1) is 0 Å². The van der Waals surface area contributed by atoms with E-state index in [2.05, 4.69) is 20.6 Å². The lowest BCUT2D eigenvalue weighted by atomic mass is 10.3. The predicted octanol–water partition coefficient (Wildman–Crippen LogP) is 2.15. The number of rotatable bonds is 6. The van der Waals surface area contributed by atoms with E-state index < -0.39 is 6.03 Å². The highest BCUT2D eigenvalue weighted by atomic mass is 16.5. The summed E-state index contributed by atoms with van der Waals surface area (Å²) >= 11 is 0. The normalized spacial score (nSPS) is 9.83. The van der Waals surface area contributed by atoms with E-state index in [1.165, 1.54) is 34.6 Å². The van der Waals surface area contributed by atoms with Gasteiger partial charge in [-0.2, -0.15) is 4.98 Å². The SMILES string of the molecule is COc1ncc(NC(=O)Nc2ccc(OC)c(OC)c2)c(OC)n1. The number of amides is 2. The molecule has 0 atom stereocenters. The first kappa shape index (κ1) is 17.1. The van der Waals surface area contributed by atoms with Crippen LogP contribution in [0.4, 0.5) is 16.2 Å². The number of ether oxygens (including phenoxy) is 4. The highest BCUT2D eigenvalue weighted by Crippen LogP contribution is 2.30. The van der Waals surface area contributed by atoms with Crippen molar-refractivity contribution in [1.29, 1.82) is 0 Å². The van der Waals surface area contributed by atoms with E-state index in [-0.39, 0.29) is 11.9 Å². The number of nitrogens with zero attached hydrogens (tertiary/aromatic N) is 2. The number of benzene rings is 1. The number of carbonyl (C=O) groups excluding carboxylic acids is 1. The maximum absolute atomic E-state index is 12.1. The number of methoxy groups -OCH3 is 4. The van der Waals surface area contributed by atoms with Crippen LogP contribution in [0.25, 0.3) is 0 Å². The van der Waals surface area contributed by atoms with Gasteiger partial charge < -0.3 is 29.6 Å². The molecular weight excluding hydrogens is 316 g/mol. The summed E-state index contributed by atoms with van der Waals surface area (Å²) in [5.74, 6) is 1.25. The summed E-state index contributed by atoms with van der Waals surface area (Å²) in [5, 5.41) is 5.27. The van der Waals surface area contributed by atoms with Gasteiger partial charge in [-0.05, 0) is 12.1 Å². The van der Waals surface area contributed by atoms with E-state index in [1.807, 2.05) is 0 Å². The molecule has 1 heterocycles. The second-order valence-corrected chi connectivity index (χ2v) is 4.43. The molecule has 0 aliphatic rings. The van der Waals surface area contributed by atoms with E-state index in [0.29, 0.717) is 22.9 Å². The minimum atomic E-state index is -0.491. The molecule has 2 rings (SSSR count). The van der Waals surface area contributed by atoms with Crippen molar-refractivity contribution < 1.29 is 23.7 Å². The van der Waals surface area contributed by atoms with E-state index in [9.17, 15) is 4.79 Å². The Bertz CT molecular complexity index is 723. The number of anilines is 2. The van der Waals surface area contributed by atoms with Crippen molar-refractivity contribution in [1.82, 2.24) is 9.97 Å². The molecule has 0 spiro atoms. The molecular formula is C15H18N4O5. The topological polar surface area (TPSA) is 104 Å². The fraction of sp³-hybridized carbons (Fsp3) is 0.267. The van der Waals surface area contributed by atoms with Crippen molar-refractivity contribution in [3.63, 3.8) is 0 Å². The maximum atomic E-state index is 12.1. The van der Waals surface area contributed by atoms with Crippen LogP contribution in [0.2, 0.25) is 0 Å². The Labute approximate surface area is 138 Å². The van der Waals surface area contributed by atoms with E-state index in [4.69, 9.17) is 18.9 Å². The number of urea groups is 1. The van der Waals surface area contributed by atoms with Crippen molar-refractivity contribution in [2.24, 2.45) is 0 Å². The molecule has 9 heteroatoms. The Morgan fingerprint density at radius 2 is 1.71 bits per heavy atom. The molecule has 0 aliphatic carbocycles. The largest absolute Gasteiger partial charge is 0.493 e. The highest BCUT2D eigenvalue weighted by Gasteiger charge is 2.12. The summed E-state index contributed by atoms with van der Waals surface area (Å²) in [4.78, 5) is 20.0. The van der Waals surface area contributed by atoms with Crippen molar-refractivity contribution in [2.45, 2.75) is 0 Å². The third kappa shape index (κ3) is 3.94. The zero-order valence-electron chi connectivity index (χ0n) is 13.7. The number of hydrogen-bond acceptors (Lipinski definition) is 7. The minimum Gasteiger partial charge on any atom is -0.493 e. The van der Waals surface area contributed by atoms with Crippen molar-refractivity contribution in [3.05, 3.63) is 24.4 Å². The van der Waals surface area contributed by atoms with Crippen LogP contribution in [0, 0.1) is 0 Å². The van der Waals surface area contributed by atoms with Gasteiger partial charge in [0.05, 0.1) is 34.6 Å². The Kier molecular flexibility index (Phi) is 5.61. The standard InChI is InChI=1S/C15H18N4O5/c1-21-11-6-5-9(7-12(11)22-2)17-14(20)18-10-8-16-15(24-4)19-13(10)23-3/h5-8H,1-4H3,(H2,17,18,20). The van der Waals surface area contributed by atoms with Crippen LogP contribution in [-0.4, -0.2) is 44.4 Å². The van der Waals surface area contributed by atoms with Crippen LogP contribution < -0.4 is 29.6 Å². The van der Waals surface area contributed by atoms with Crippen LogP contribution >= 0.6 is 0 Å². The molecule has 2 N–H and O–H groups in total. The number of carbonyl (C=O) groups is 1. The smallest absolute Gasteiger partial charge is 0.323 e. The zero-order valence-corrected chi connectivity index (χ0v) is 13.7. The summed E-state index contributed by atoms with van der Waals surface area (Å²) < 4.78 is 20.3. The fourth-order valence-electron chi connectivity index (χ4n) is 1.89. The third-order valence-corrected chi connectivity index (χ3v) is 3.00. The Morgan fingerprint density at radius 3 is 2.33 bits per heavy atom. The van der Waals surface area contributed by atoms with Gasteiger partial charge in [0.1, 0.15) is 5.69 Å². The molecule has 1 aromatic carbocycles. The number of aromatic nitrogens is 2. The fourth-order valence-corrected chi connectivity index (χ4v) is 1.89. The number of nitrogens with one attached hydrogen (secondary N) is 2. The monoisotopic (exact) mass is 334 g/mol. The van der Waals surface area contributed by atoms with Gasteiger partial charge >= 0.3 is 12.0 Å². The van der Waals surface area contributed by atoms with Gasteiger partial charge in [-0.1, -0.05) is 0 Å². The molecule has 0 unspecified atom stereocenters. The second-order valence-electron chi connectivity index (χ2n) is 4.43. The summed E-state index contributed by atoms with van der Waals surface area (Å²) in [6, 6.07) is 4.65. The van der Waals surface area contributed by atoms with Gasteiger partial charge in [-0.3, -0.25) is 0 Å². The Hall–Kier alpha value is -3.23. The van der Waals surface area contributed by atoms with Crippen LogP contribution in [0.5, 0.6) is 23.4 Å². The quantitative estimate of drug-likeness (QED) is 0.834. The maximum Gasteiger partial charge on any atom is 0.323 e. The lowest BCUT2D eigenvalue weighted by Crippen LogP contribution is -2.20. The van der Waals surface area contributed by atoms with Crippen molar-refractivity contribution in [3.8, 4) is 23.4 Å². The summed E-state index contributed by atoms with van der Waals surface area (Å²) in [6.45, 7) is 0. The average Bonchev–Trinajstić information content (AvgIpc) is 2.61. The van der Waals surface area contributed by atoms with E-state index >= 15 is 0 Å². The number of hydrogen-bond donors (Lipinski definition) is 2. The van der Waals surface area contributed by atoms with Gasteiger partial charge in [0.15, 0.2) is 11.5 Å². The summed E-state index contributed by atoms with van der Waals surface area (Å²) in [5.41, 5.74) is 0.829. The molecule has 0 saturated heterocycles. The molecule has 0 saturated carbocycles. The first-order valence-corrected chi connectivity index (χ1v) is 6.86. The second kappa shape index (κ2) is 7.86. The molecule has 0 aliphatic heterocycles. The van der Waals surface area contributed by atoms with Gasteiger partial charge in [0.25, 0.3) is 0 Å². The summed E-state index contributed by atoms with van der Waals surface area (Å²) in [6.07, 6.45) is 1.39. The molecule has 0 fully saturated rings. The highest BCUT2D eigenvalue weighted by molar-refractivity contribution is 6.00. The van der Waals surface area contributed by atoms with E-state index in [1.54, 1.807) is 18.2 Å². The Balaban J connectivity index is 2.11. The summed E-state index contributed by atoms with van der Waals surface area (Å²) in [7, 11) is 5.92. The van der Waals surface area contributed by atoms with Crippen LogP contribution in [0.3, 0.4) is 0 Å². The minimum absolute atomic E-state index is 0.137. The van der Waals surface area contributed by atoms with Crippen LogP contribution in [0.1, 0.15) is 0 Å².